The Balaban J connectivity index is 2.12. The predicted octanol–water partition coefficient (Wildman–Crippen LogP) is 2.10. The molecule has 1 saturated heterocycles. The number of aliphatic hydroxyl groups excluding tert-OH is 1. The Morgan fingerprint density at radius 1 is 1.46 bits per heavy atom. The summed E-state index contributed by atoms with van der Waals surface area (Å²) in [6, 6.07) is 2.36. The third-order valence-electron chi connectivity index (χ3n) is 3.77. The summed E-state index contributed by atoms with van der Waals surface area (Å²) < 4.78 is 72.3. The molecule has 1 aliphatic heterocycles. The average molecular weight is 388 g/mol. The van der Waals surface area contributed by atoms with Crippen LogP contribution in [-0.4, -0.2) is 45.0 Å². The van der Waals surface area contributed by atoms with E-state index in [1.165, 1.54) is 12.1 Å². The summed E-state index contributed by atoms with van der Waals surface area (Å²) in [6.45, 7) is -1.16. The molecule has 1 aromatic rings. The van der Waals surface area contributed by atoms with Crippen LogP contribution in [0.1, 0.15) is 18.0 Å². The van der Waals surface area contributed by atoms with Gasteiger partial charge in [0, 0.05) is 6.42 Å². The maximum absolute atomic E-state index is 13.8. The molecule has 0 bridgehead atoms. The molecule has 0 radical (unpaired) electrons. The lowest BCUT2D eigenvalue weighted by molar-refractivity contribution is -0.133. The van der Waals surface area contributed by atoms with Crippen molar-refractivity contribution in [3.8, 4) is 0 Å². The van der Waals surface area contributed by atoms with Crippen LogP contribution < -0.4 is 4.72 Å². The van der Waals surface area contributed by atoms with Crippen molar-refractivity contribution >= 4 is 21.6 Å². The predicted molar refractivity (Wildman–Crippen MR) is 82.0 cm³/mol. The first-order chi connectivity index (χ1) is 11.1. The van der Waals surface area contributed by atoms with E-state index in [4.69, 9.17) is 16.3 Å². The first-order valence-corrected chi connectivity index (χ1v) is 9.19. The van der Waals surface area contributed by atoms with E-state index in [1.54, 1.807) is 0 Å². The van der Waals surface area contributed by atoms with Crippen molar-refractivity contribution in [1.29, 1.82) is 0 Å². The number of halogens is 4. The highest BCUT2D eigenvalue weighted by atomic mass is 35.5. The fourth-order valence-corrected chi connectivity index (χ4v) is 4.13. The average Bonchev–Trinajstić information content (AvgIpc) is 2.50. The van der Waals surface area contributed by atoms with E-state index >= 15 is 0 Å². The Morgan fingerprint density at radius 2 is 2.17 bits per heavy atom. The Morgan fingerprint density at radius 3 is 2.75 bits per heavy atom. The lowest BCUT2D eigenvalue weighted by atomic mass is 10.00. The molecule has 136 valence electrons. The van der Waals surface area contributed by atoms with Crippen LogP contribution in [0, 0.1) is 11.7 Å². The molecule has 0 amide bonds. The highest BCUT2D eigenvalue weighted by molar-refractivity contribution is 7.89. The summed E-state index contributed by atoms with van der Waals surface area (Å²) in [5.41, 5.74) is 0.134. The molecule has 24 heavy (non-hydrogen) atoms. The van der Waals surface area contributed by atoms with Crippen molar-refractivity contribution in [2.75, 3.05) is 25.6 Å². The summed E-state index contributed by atoms with van der Waals surface area (Å²) >= 11 is 5.55. The highest BCUT2D eigenvalue weighted by Gasteiger charge is 2.44. The number of alkyl halides is 2. The molecule has 0 spiro atoms. The van der Waals surface area contributed by atoms with E-state index in [2.05, 4.69) is 4.72 Å². The Bertz CT molecular complexity index is 687. The molecular weight excluding hydrogens is 371 g/mol. The Hall–Kier alpha value is -0.870. The minimum atomic E-state index is -4.16. The topological polar surface area (TPSA) is 75.6 Å². The van der Waals surface area contributed by atoms with Crippen LogP contribution >= 0.6 is 11.6 Å². The molecule has 2 unspecified atom stereocenters. The molecule has 1 heterocycles. The van der Waals surface area contributed by atoms with Crippen LogP contribution in [0.2, 0.25) is 5.02 Å². The van der Waals surface area contributed by atoms with Gasteiger partial charge in [-0.15, -0.1) is 0 Å². The molecule has 1 fully saturated rings. The molecule has 0 aromatic heterocycles. The number of hydrogen-bond donors (Lipinski definition) is 2. The van der Waals surface area contributed by atoms with E-state index in [0.29, 0.717) is 0 Å². The van der Waals surface area contributed by atoms with Gasteiger partial charge < -0.3 is 9.84 Å². The zero-order valence-corrected chi connectivity index (χ0v) is 14.1. The van der Waals surface area contributed by atoms with Crippen LogP contribution in [0.25, 0.3) is 0 Å². The molecule has 1 aromatic carbocycles. The zero-order chi connectivity index (χ0) is 18.0. The van der Waals surface area contributed by atoms with Crippen molar-refractivity contribution < 1.29 is 31.4 Å². The third kappa shape index (κ3) is 4.82. The Kier molecular flexibility index (Phi) is 6.14. The molecular formula is C14H17ClF3NO4S. The van der Waals surface area contributed by atoms with Crippen LogP contribution in [0.5, 0.6) is 0 Å². The summed E-state index contributed by atoms with van der Waals surface area (Å²) in [7, 11) is -4.16. The molecule has 2 atom stereocenters. The van der Waals surface area contributed by atoms with Gasteiger partial charge in [-0.3, -0.25) is 0 Å². The lowest BCUT2D eigenvalue weighted by Gasteiger charge is -2.31. The van der Waals surface area contributed by atoms with Crippen molar-refractivity contribution in [3.05, 3.63) is 34.6 Å². The van der Waals surface area contributed by atoms with Crippen LogP contribution in [-0.2, 0) is 14.8 Å². The van der Waals surface area contributed by atoms with Gasteiger partial charge in [0.05, 0.1) is 42.6 Å². The molecule has 1 aliphatic rings. The maximum Gasteiger partial charge on any atom is 0.256 e. The largest absolute Gasteiger partial charge is 0.394 e. The van der Waals surface area contributed by atoms with Crippen LogP contribution in [0.3, 0.4) is 0 Å². The highest BCUT2D eigenvalue weighted by Crippen LogP contribution is 2.33. The molecule has 2 rings (SSSR count). The van der Waals surface area contributed by atoms with Crippen molar-refractivity contribution in [2.24, 2.45) is 5.92 Å². The first kappa shape index (κ1) is 19.5. The number of nitrogens with one attached hydrogen (secondary N) is 1. The third-order valence-corrected chi connectivity index (χ3v) is 5.56. The van der Waals surface area contributed by atoms with Gasteiger partial charge in [0.25, 0.3) is 5.92 Å². The molecule has 2 N–H and O–H groups in total. The molecule has 0 saturated carbocycles. The monoisotopic (exact) mass is 387 g/mol. The van der Waals surface area contributed by atoms with Gasteiger partial charge in [-0.25, -0.2) is 26.3 Å². The Labute approximate surface area is 142 Å². The second-order valence-electron chi connectivity index (χ2n) is 5.59. The number of rotatable bonds is 6. The van der Waals surface area contributed by atoms with Gasteiger partial charge in [0.15, 0.2) is 0 Å². The van der Waals surface area contributed by atoms with E-state index < -0.39 is 52.5 Å². The summed E-state index contributed by atoms with van der Waals surface area (Å²) in [5, 5.41) is 9.20. The fourth-order valence-electron chi connectivity index (χ4n) is 2.40. The normalized spacial score (nSPS) is 22.3. The van der Waals surface area contributed by atoms with Gasteiger partial charge in [0.1, 0.15) is 5.82 Å². The first-order valence-electron chi connectivity index (χ1n) is 7.16. The van der Waals surface area contributed by atoms with Gasteiger partial charge in [-0.1, -0.05) is 17.7 Å². The number of ether oxygens (including phenoxy) is 1. The summed E-state index contributed by atoms with van der Waals surface area (Å²) in [5.74, 6) is -6.26. The smallest absolute Gasteiger partial charge is 0.256 e. The van der Waals surface area contributed by atoms with Crippen molar-refractivity contribution in [3.63, 3.8) is 0 Å². The van der Waals surface area contributed by atoms with E-state index in [0.717, 1.165) is 6.07 Å². The maximum atomic E-state index is 13.8. The van der Waals surface area contributed by atoms with Gasteiger partial charge >= 0.3 is 0 Å². The van der Waals surface area contributed by atoms with Crippen LogP contribution in [0.15, 0.2) is 18.2 Å². The summed E-state index contributed by atoms with van der Waals surface area (Å²) in [4.78, 5) is 0. The number of benzene rings is 1. The summed E-state index contributed by atoms with van der Waals surface area (Å²) in [6.07, 6.45) is -0.543. The number of sulfonamides is 1. The minimum Gasteiger partial charge on any atom is -0.394 e. The SMILES string of the molecule is O=S(=O)(CC1COCCC1(F)F)NC(CO)c1ccc(Cl)c(F)c1. The zero-order valence-electron chi connectivity index (χ0n) is 12.5. The molecule has 5 nitrogen and oxygen atoms in total. The quantitative estimate of drug-likeness (QED) is 0.784. The van der Waals surface area contributed by atoms with Gasteiger partial charge in [-0.2, -0.15) is 0 Å². The number of aliphatic hydroxyl groups is 1. The van der Waals surface area contributed by atoms with Gasteiger partial charge in [-0.05, 0) is 17.7 Å². The standard InChI is InChI=1S/C14H17ClF3NO4S/c15-11-2-1-9(5-12(11)16)13(6-20)19-24(21,22)8-10-7-23-4-3-14(10,17)18/h1-2,5,10,13,19-20H,3-4,6-8H2. The second kappa shape index (κ2) is 7.57. The van der Waals surface area contributed by atoms with E-state index in [-0.39, 0.29) is 23.8 Å². The second-order valence-corrected chi connectivity index (χ2v) is 7.80. The van der Waals surface area contributed by atoms with E-state index in [1.807, 2.05) is 0 Å². The van der Waals surface area contributed by atoms with Crippen LogP contribution in [0.4, 0.5) is 13.2 Å². The minimum absolute atomic E-state index is 0.125. The van der Waals surface area contributed by atoms with Crippen molar-refractivity contribution in [2.45, 2.75) is 18.4 Å². The van der Waals surface area contributed by atoms with Crippen molar-refractivity contribution in [1.82, 2.24) is 4.72 Å². The number of hydrogen-bond acceptors (Lipinski definition) is 4. The lowest BCUT2D eigenvalue weighted by Crippen LogP contribution is -2.45. The molecule has 10 heteroatoms. The fraction of sp³-hybridized carbons (Fsp3) is 0.571. The molecule has 0 aliphatic carbocycles. The van der Waals surface area contributed by atoms with Gasteiger partial charge in [0.2, 0.25) is 10.0 Å². The van der Waals surface area contributed by atoms with E-state index in [9.17, 15) is 26.7 Å².